The van der Waals surface area contributed by atoms with Gasteiger partial charge >= 0.3 is 5.97 Å². The first-order chi connectivity index (χ1) is 10.5. The first-order valence-corrected chi connectivity index (χ1v) is 7.91. The van der Waals surface area contributed by atoms with Gasteiger partial charge in [-0.3, -0.25) is 9.59 Å². The van der Waals surface area contributed by atoms with Gasteiger partial charge in [0.2, 0.25) is 5.78 Å². The highest BCUT2D eigenvalue weighted by Crippen LogP contribution is 2.43. The number of ketones is 1. The number of rotatable bonds is 4. The molecule has 22 heavy (non-hydrogen) atoms. The Bertz CT molecular complexity index is 657. The summed E-state index contributed by atoms with van der Waals surface area (Å²) in [7, 11) is 0. The summed E-state index contributed by atoms with van der Waals surface area (Å²) in [5.41, 5.74) is 3.84. The van der Waals surface area contributed by atoms with E-state index in [1.54, 1.807) is 0 Å². The highest BCUT2D eigenvalue weighted by molar-refractivity contribution is 5.99. The van der Waals surface area contributed by atoms with Crippen LogP contribution in [-0.2, 0) is 9.53 Å². The third-order valence-corrected chi connectivity index (χ3v) is 5.07. The molecule has 2 aliphatic rings. The van der Waals surface area contributed by atoms with E-state index in [4.69, 9.17) is 4.74 Å². The predicted molar refractivity (Wildman–Crippen MR) is 84.8 cm³/mol. The molecule has 2 bridgehead atoms. The lowest BCUT2D eigenvalue weighted by Crippen LogP contribution is -2.24. The number of ether oxygens (including phenoxy) is 1. The number of fused-ring (bicyclic) bond motifs is 2. The number of esters is 1. The van der Waals surface area contributed by atoms with E-state index in [2.05, 4.69) is 12.2 Å². The van der Waals surface area contributed by atoms with Crippen LogP contribution in [0.25, 0.3) is 0 Å². The molecule has 3 heteroatoms. The quantitative estimate of drug-likeness (QED) is 0.485. The summed E-state index contributed by atoms with van der Waals surface area (Å²) >= 11 is 0. The molecular formula is C19H22O3. The van der Waals surface area contributed by atoms with Crippen LogP contribution in [0.2, 0.25) is 0 Å². The molecule has 0 N–H and O–H groups in total. The zero-order chi connectivity index (χ0) is 15.9. The van der Waals surface area contributed by atoms with E-state index in [-0.39, 0.29) is 24.3 Å². The predicted octanol–water partition coefficient (Wildman–Crippen LogP) is 3.55. The second-order valence-corrected chi connectivity index (χ2v) is 6.67. The number of aryl methyl sites for hydroxylation is 3. The number of Topliss-reactive ketones (excluding diaryl/α,β-unsaturated/α-hetero) is 1. The van der Waals surface area contributed by atoms with E-state index in [1.165, 1.54) is 5.56 Å². The Kier molecular flexibility index (Phi) is 3.90. The van der Waals surface area contributed by atoms with Gasteiger partial charge in [-0.05, 0) is 68.2 Å². The Morgan fingerprint density at radius 3 is 2.41 bits per heavy atom. The first kappa shape index (κ1) is 15.0. The van der Waals surface area contributed by atoms with Crippen LogP contribution in [0.15, 0.2) is 24.3 Å². The molecule has 0 unspecified atom stereocenters. The monoisotopic (exact) mass is 298 g/mol. The van der Waals surface area contributed by atoms with Crippen molar-refractivity contribution in [1.82, 2.24) is 0 Å². The Labute approximate surface area is 131 Å². The molecule has 3 nitrogen and oxygen atoms in total. The topological polar surface area (TPSA) is 43.4 Å². The molecule has 1 aromatic rings. The highest BCUT2D eigenvalue weighted by atomic mass is 16.5. The molecule has 0 aliphatic heterocycles. The summed E-state index contributed by atoms with van der Waals surface area (Å²) in [5.74, 6) is 0.458. The average Bonchev–Trinajstić information content (AvgIpc) is 3.11. The van der Waals surface area contributed by atoms with Gasteiger partial charge in [0, 0.05) is 5.56 Å². The van der Waals surface area contributed by atoms with E-state index in [1.807, 2.05) is 32.9 Å². The number of hydrogen-bond donors (Lipinski definition) is 0. The van der Waals surface area contributed by atoms with Crippen molar-refractivity contribution in [2.75, 3.05) is 6.61 Å². The Morgan fingerprint density at radius 1 is 1.05 bits per heavy atom. The minimum Gasteiger partial charge on any atom is -0.457 e. The molecule has 2 aliphatic carbocycles. The van der Waals surface area contributed by atoms with E-state index >= 15 is 0 Å². The molecule has 116 valence electrons. The van der Waals surface area contributed by atoms with Crippen LogP contribution < -0.4 is 0 Å². The van der Waals surface area contributed by atoms with Gasteiger partial charge < -0.3 is 4.74 Å². The van der Waals surface area contributed by atoms with Crippen LogP contribution in [0, 0.1) is 38.5 Å². The second-order valence-electron chi connectivity index (χ2n) is 6.67. The van der Waals surface area contributed by atoms with Crippen LogP contribution in [0.5, 0.6) is 0 Å². The minimum absolute atomic E-state index is 0.0522. The van der Waals surface area contributed by atoms with Crippen molar-refractivity contribution in [3.63, 3.8) is 0 Å². The van der Waals surface area contributed by atoms with Crippen molar-refractivity contribution in [3.8, 4) is 0 Å². The number of carbonyl (C=O) groups is 2. The Morgan fingerprint density at radius 2 is 1.77 bits per heavy atom. The second kappa shape index (κ2) is 5.71. The summed E-state index contributed by atoms with van der Waals surface area (Å²) in [5, 5.41) is 0. The molecule has 0 amide bonds. The van der Waals surface area contributed by atoms with Crippen molar-refractivity contribution in [2.45, 2.75) is 33.6 Å². The van der Waals surface area contributed by atoms with Crippen LogP contribution in [0.4, 0.5) is 0 Å². The summed E-state index contributed by atoms with van der Waals surface area (Å²) in [6, 6.07) is 3.90. The van der Waals surface area contributed by atoms with Gasteiger partial charge in [0.05, 0.1) is 5.92 Å². The van der Waals surface area contributed by atoms with Crippen LogP contribution in [0.3, 0.4) is 0 Å². The molecule has 3 rings (SSSR count). The molecule has 0 aromatic heterocycles. The van der Waals surface area contributed by atoms with Crippen LogP contribution >= 0.6 is 0 Å². The summed E-state index contributed by atoms with van der Waals surface area (Å²) < 4.78 is 5.30. The van der Waals surface area contributed by atoms with Gasteiger partial charge in [0.15, 0.2) is 6.61 Å². The van der Waals surface area contributed by atoms with Crippen molar-refractivity contribution >= 4 is 11.8 Å². The van der Waals surface area contributed by atoms with Crippen LogP contribution in [-0.4, -0.2) is 18.4 Å². The summed E-state index contributed by atoms with van der Waals surface area (Å²) in [6.45, 7) is 5.78. The third-order valence-electron chi connectivity index (χ3n) is 5.07. The number of carbonyl (C=O) groups excluding carboxylic acids is 2. The first-order valence-electron chi connectivity index (χ1n) is 7.91. The summed E-state index contributed by atoms with van der Waals surface area (Å²) in [6.07, 6.45) is 6.24. The van der Waals surface area contributed by atoms with Crippen molar-refractivity contribution < 1.29 is 14.3 Å². The molecule has 0 saturated heterocycles. The minimum atomic E-state index is -0.216. The molecular weight excluding hydrogens is 276 g/mol. The van der Waals surface area contributed by atoms with Gasteiger partial charge in [-0.2, -0.15) is 0 Å². The van der Waals surface area contributed by atoms with Crippen LogP contribution in [0.1, 0.15) is 39.9 Å². The Hall–Kier alpha value is -1.90. The fourth-order valence-electron chi connectivity index (χ4n) is 3.63. The van der Waals surface area contributed by atoms with E-state index < -0.39 is 0 Å². The molecule has 1 fully saturated rings. The fourth-order valence-corrected chi connectivity index (χ4v) is 3.63. The van der Waals surface area contributed by atoms with Gasteiger partial charge in [-0.1, -0.05) is 18.2 Å². The van der Waals surface area contributed by atoms with Crippen molar-refractivity contribution in [1.29, 1.82) is 0 Å². The summed E-state index contributed by atoms with van der Waals surface area (Å²) in [4.78, 5) is 24.5. The maximum Gasteiger partial charge on any atom is 0.310 e. The van der Waals surface area contributed by atoms with E-state index in [0.29, 0.717) is 17.4 Å². The third kappa shape index (κ3) is 2.72. The zero-order valence-corrected chi connectivity index (χ0v) is 13.4. The molecule has 1 saturated carbocycles. The number of benzene rings is 1. The van der Waals surface area contributed by atoms with Gasteiger partial charge in [-0.25, -0.2) is 0 Å². The normalized spacial score (nSPS) is 25.5. The average molecular weight is 298 g/mol. The lowest BCUT2D eigenvalue weighted by atomic mass is 9.94. The highest BCUT2D eigenvalue weighted by Gasteiger charge is 2.40. The van der Waals surface area contributed by atoms with E-state index in [9.17, 15) is 9.59 Å². The molecule has 1 aromatic carbocycles. The lowest BCUT2D eigenvalue weighted by molar-refractivity contribution is -0.148. The maximum absolute atomic E-state index is 12.3. The van der Waals surface area contributed by atoms with Crippen molar-refractivity contribution in [2.24, 2.45) is 17.8 Å². The largest absolute Gasteiger partial charge is 0.457 e. The zero-order valence-electron chi connectivity index (χ0n) is 13.4. The fraction of sp³-hybridized carbons (Fsp3) is 0.474. The van der Waals surface area contributed by atoms with Gasteiger partial charge in [0.25, 0.3) is 0 Å². The van der Waals surface area contributed by atoms with Gasteiger partial charge in [0.1, 0.15) is 0 Å². The Balaban J connectivity index is 1.62. The number of hydrogen-bond acceptors (Lipinski definition) is 3. The number of allylic oxidation sites excluding steroid dienone is 2. The maximum atomic E-state index is 12.3. The lowest BCUT2D eigenvalue weighted by Gasteiger charge is -2.16. The smallest absolute Gasteiger partial charge is 0.310 e. The van der Waals surface area contributed by atoms with Gasteiger partial charge in [-0.15, -0.1) is 0 Å². The van der Waals surface area contributed by atoms with Crippen molar-refractivity contribution in [3.05, 3.63) is 46.5 Å². The molecule has 0 spiro atoms. The van der Waals surface area contributed by atoms with E-state index in [0.717, 1.165) is 24.0 Å². The standard InChI is InChI=1S/C19H22O3/c1-11-6-13(3)16(7-12(11)2)18(20)10-22-19(21)17-9-14-4-5-15(17)8-14/h4-7,14-15,17H,8-10H2,1-3H3/t14-,15-,17-/m0/s1. The molecule has 3 atom stereocenters. The SMILES string of the molecule is Cc1cc(C)c(C(=O)COC(=O)[C@H]2C[C@H]3C=C[C@H]2C3)cc1C. The molecule has 0 heterocycles. The molecule has 0 radical (unpaired) electrons.